The highest BCUT2D eigenvalue weighted by Crippen LogP contribution is 2.29. The molecule has 0 bridgehead atoms. The topological polar surface area (TPSA) is 116 Å². The van der Waals surface area contributed by atoms with Crippen LogP contribution in [0.1, 0.15) is 29.6 Å². The summed E-state index contributed by atoms with van der Waals surface area (Å²) in [5, 5.41) is 13.0. The standard InChI is InChI=1S/C16H19N3O4/c17-16(23)11-4-5-13(19-8-2-1-3-9-19)12(10-11)18-14(20)6-7-15(21)22/h4-7,10H,1-3,8-9H2,(H2,17,23)(H,18,20)(H,21,22)/p-1. The zero-order chi connectivity index (χ0) is 16.8. The zero-order valence-electron chi connectivity index (χ0n) is 12.6. The summed E-state index contributed by atoms with van der Waals surface area (Å²) in [5.41, 5.74) is 6.75. The van der Waals surface area contributed by atoms with Gasteiger partial charge in [-0.1, -0.05) is 0 Å². The van der Waals surface area contributed by atoms with E-state index in [0.29, 0.717) is 11.8 Å². The van der Waals surface area contributed by atoms with Gasteiger partial charge >= 0.3 is 0 Å². The molecule has 0 aliphatic carbocycles. The Labute approximate surface area is 133 Å². The monoisotopic (exact) mass is 316 g/mol. The highest BCUT2D eigenvalue weighted by molar-refractivity contribution is 6.05. The molecule has 2 rings (SSSR count). The molecule has 1 saturated heterocycles. The molecule has 3 N–H and O–H groups in total. The van der Waals surface area contributed by atoms with Crippen LogP contribution in [0.15, 0.2) is 30.4 Å². The van der Waals surface area contributed by atoms with Gasteiger partial charge in [0, 0.05) is 24.7 Å². The van der Waals surface area contributed by atoms with E-state index < -0.39 is 17.8 Å². The number of piperidine rings is 1. The van der Waals surface area contributed by atoms with Crippen LogP contribution >= 0.6 is 0 Å². The molecule has 0 aromatic heterocycles. The van der Waals surface area contributed by atoms with E-state index in [2.05, 4.69) is 10.2 Å². The number of benzene rings is 1. The predicted octanol–water partition coefficient (Wildman–Crippen LogP) is 0.0204. The van der Waals surface area contributed by atoms with Crippen LogP contribution < -0.4 is 21.1 Å². The Morgan fingerprint density at radius 3 is 2.43 bits per heavy atom. The lowest BCUT2D eigenvalue weighted by atomic mass is 10.1. The number of hydrogen-bond acceptors (Lipinski definition) is 5. The molecule has 0 saturated carbocycles. The van der Waals surface area contributed by atoms with E-state index in [9.17, 15) is 19.5 Å². The number of primary amides is 1. The summed E-state index contributed by atoms with van der Waals surface area (Å²) in [6.45, 7) is 1.71. The largest absolute Gasteiger partial charge is 0.545 e. The van der Waals surface area contributed by atoms with Gasteiger partial charge in [-0.05, 0) is 43.5 Å². The number of anilines is 2. The third-order valence-corrected chi connectivity index (χ3v) is 3.61. The molecule has 0 spiro atoms. The van der Waals surface area contributed by atoms with Gasteiger partial charge in [0.2, 0.25) is 11.8 Å². The fraction of sp³-hybridized carbons (Fsp3) is 0.312. The SMILES string of the molecule is NC(=O)c1ccc(N2CCCCC2)c(NC(=O)C=CC(=O)[O-])c1. The second kappa shape index (κ2) is 7.44. The summed E-state index contributed by atoms with van der Waals surface area (Å²) in [5.74, 6) is -2.67. The number of amides is 2. The molecule has 1 aliphatic rings. The lowest BCUT2D eigenvalue weighted by molar-refractivity contribution is -0.297. The van der Waals surface area contributed by atoms with Crippen molar-refractivity contribution in [1.29, 1.82) is 0 Å². The van der Waals surface area contributed by atoms with Crippen LogP contribution in [0.3, 0.4) is 0 Å². The number of aliphatic carboxylic acids is 1. The van der Waals surface area contributed by atoms with Gasteiger partial charge < -0.3 is 25.9 Å². The van der Waals surface area contributed by atoms with Crippen LogP contribution in [0.5, 0.6) is 0 Å². The van der Waals surface area contributed by atoms with Crippen LogP contribution in [-0.2, 0) is 9.59 Å². The molecule has 1 aliphatic heterocycles. The van der Waals surface area contributed by atoms with E-state index in [4.69, 9.17) is 5.73 Å². The van der Waals surface area contributed by atoms with E-state index >= 15 is 0 Å². The number of hydrogen-bond donors (Lipinski definition) is 2. The minimum absolute atomic E-state index is 0.268. The van der Waals surface area contributed by atoms with Crippen molar-refractivity contribution in [3.8, 4) is 0 Å². The molecule has 7 heteroatoms. The average molecular weight is 316 g/mol. The molecule has 0 radical (unpaired) electrons. The fourth-order valence-electron chi connectivity index (χ4n) is 2.52. The maximum atomic E-state index is 11.8. The molecule has 23 heavy (non-hydrogen) atoms. The van der Waals surface area contributed by atoms with Crippen molar-refractivity contribution in [2.24, 2.45) is 5.73 Å². The number of nitrogens with one attached hydrogen (secondary N) is 1. The highest BCUT2D eigenvalue weighted by atomic mass is 16.4. The zero-order valence-corrected chi connectivity index (χ0v) is 12.6. The van der Waals surface area contributed by atoms with Crippen molar-refractivity contribution >= 4 is 29.2 Å². The van der Waals surface area contributed by atoms with Crippen molar-refractivity contribution in [3.05, 3.63) is 35.9 Å². The fourth-order valence-corrected chi connectivity index (χ4v) is 2.52. The number of rotatable bonds is 5. The first-order valence-corrected chi connectivity index (χ1v) is 7.36. The minimum atomic E-state index is -1.46. The molecule has 2 amide bonds. The Kier molecular flexibility index (Phi) is 5.35. The second-order valence-electron chi connectivity index (χ2n) is 5.29. The van der Waals surface area contributed by atoms with Crippen LogP contribution in [0, 0.1) is 0 Å². The Hall–Kier alpha value is -2.83. The minimum Gasteiger partial charge on any atom is -0.545 e. The van der Waals surface area contributed by atoms with E-state index in [-0.39, 0.29) is 5.56 Å². The summed E-state index contributed by atoms with van der Waals surface area (Å²) in [6, 6.07) is 4.85. The summed E-state index contributed by atoms with van der Waals surface area (Å²) < 4.78 is 0. The quantitative estimate of drug-likeness (QED) is 0.743. The van der Waals surface area contributed by atoms with Crippen molar-refractivity contribution < 1.29 is 19.5 Å². The molecule has 7 nitrogen and oxygen atoms in total. The van der Waals surface area contributed by atoms with Gasteiger partial charge in [-0.25, -0.2) is 0 Å². The predicted molar refractivity (Wildman–Crippen MR) is 83.8 cm³/mol. The third-order valence-electron chi connectivity index (χ3n) is 3.61. The molecule has 1 heterocycles. The van der Waals surface area contributed by atoms with Crippen molar-refractivity contribution in [3.63, 3.8) is 0 Å². The Bertz CT molecular complexity index is 649. The number of carbonyl (C=O) groups excluding carboxylic acids is 3. The molecule has 1 aromatic rings. The van der Waals surface area contributed by atoms with Crippen molar-refractivity contribution in [2.45, 2.75) is 19.3 Å². The number of carbonyl (C=O) groups is 3. The molecular weight excluding hydrogens is 298 g/mol. The Morgan fingerprint density at radius 1 is 1.13 bits per heavy atom. The van der Waals surface area contributed by atoms with E-state index in [1.807, 2.05) is 0 Å². The summed E-state index contributed by atoms with van der Waals surface area (Å²) in [4.78, 5) is 35.6. The van der Waals surface area contributed by atoms with Gasteiger partial charge in [-0.15, -0.1) is 0 Å². The van der Waals surface area contributed by atoms with E-state index in [0.717, 1.165) is 44.1 Å². The maximum Gasteiger partial charge on any atom is 0.248 e. The van der Waals surface area contributed by atoms with Crippen LogP contribution in [0.2, 0.25) is 0 Å². The normalized spacial score (nSPS) is 14.7. The van der Waals surface area contributed by atoms with Crippen molar-refractivity contribution in [2.75, 3.05) is 23.3 Å². The van der Waals surface area contributed by atoms with Gasteiger partial charge in [-0.2, -0.15) is 0 Å². The van der Waals surface area contributed by atoms with Gasteiger partial charge in [0.1, 0.15) is 0 Å². The number of carboxylic acid groups (broad SMARTS) is 1. The second-order valence-corrected chi connectivity index (χ2v) is 5.29. The van der Waals surface area contributed by atoms with Crippen LogP contribution in [-0.4, -0.2) is 30.9 Å². The van der Waals surface area contributed by atoms with E-state index in [1.165, 1.54) is 6.07 Å². The molecule has 122 valence electrons. The van der Waals surface area contributed by atoms with Gasteiger partial charge in [0.05, 0.1) is 17.3 Å². The van der Waals surface area contributed by atoms with Crippen LogP contribution in [0.25, 0.3) is 0 Å². The van der Waals surface area contributed by atoms with Gasteiger partial charge in [0.15, 0.2) is 0 Å². The van der Waals surface area contributed by atoms with Gasteiger partial charge in [-0.3, -0.25) is 9.59 Å². The molecule has 1 aromatic carbocycles. The number of nitrogens with zero attached hydrogens (tertiary/aromatic N) is 1. The first-order chi connectivity index (χ1) is 11.0. The first-order valence-electron chi connectivity index (χ1n) is 7.36. The molecule has 0 atom stereocenters. The summed E-state index contributed by atoms with van der Waals surface area (Å²) >= 11 is 0. The molecular formula is C16H18N3O4-. The summed E-state index contributed by atoms with van der Waals surface area (Å²) in [6.07, 6.45) is 4.77. The third kappa shape index (κ3) is 4.57. The van der Waals surface area contributed by atoms with Crippen molar-refractivity contribution in [1.82, 2.24) is 0 Å². The van der Waals surface area contributed by atoms with E-state index in [1.54, 1.807) is 12.1 Å². The first kappa shape index (κ1) is 16.5. The molecule has 0 unspecified atom stereocenters. The lowest BCUT2D eigenvalue weighted by Crippen LogP contribution is -2.30. The Balaban J connectivity index is 2.28. The lowest BCUT2D eigenvalue weighted by Gasteiger charge is -2.30. The Morgan fingerprint density at radius 2 is 1.83 bits per heavy atom. The molecule has 1 fully saturated rings. The van der Waals surface area contributed by atoms with Gasteiger partial charge in [0.25, 0.3) is 0 Å². The average Bonchev–Trinajstić information content (AvgIpc) is 2.53. The smallest absolute Gasteiger partial charge is 0.248 e. The summed E-state index contributed by atoms with van der Waals surface area (Å²) in [7, 11) is 0. The number of carboxylic acids is 1. The maximum absolute atomic E-state index is 11.8. The highest BCUT2D eigenvalue weighted by Gasteiger charge is 2.17. The number of nitrogens with two attached hydrogens (primary N) is 1. The van der Waals surface area contributed by atoms with Crippen LogP contribution in [0.4, 0.5) is 11.4 Å².